The highest BCUT2D eigenvalue weighted by molar-refractivity contribution is 9.10. The summed E-state index contributed by atoms with van der Waals surface area (Å²) < 4.78 is 30.1. The zero-order valence-electron chi connectivity index (χ0n) is 17.5. The standard InChI is InChI=1S/C28H19BrF2N2/c29-24-19-33(32-27(24)20-16-17-25(30)26(31)18-20)28(21-10-4-1-5-11-21,22-12-6-2-7-13-22)23-14-8-3-9-15-23/h1-19H. The van der Waals surface area contributed by atoms with E-state index in [4.69, 9.17) is 5.10 Å². The zero-order valence-corrected chi connectivity index (χ0v) is 19.1. The molecule has 0 aliphatic rings. The zero-order chi connectivity index (χ0) is 22.8. The first-order valence-corrected chi connectivity index (χ1v) is 11.3. The number of hydrogen-bond donors (Lipinski definition) is 0. The van der Waals surface area contributed by atoms with Gasteiger partial charge < -0.3 is 0 Å². The van der Waals surface area contributed by atoms with Crippen molar-refractivity contribution in [2.24, 2.45) is 0 Å². The maximum atomic E-state index is 14.0. The summed E-state index contributed by atoms with van der Waals surface area (Å²) in [4.78, 5) is 0. The van der Waals surface area contributed by atoms with Crippen LogP contribution in [-0.4, -0.2) is 9.78 Å². The second-order valence-corrected chi connectivity index (χ2v) is 8.56. The van der Waals surface area contributed by atoms with Crippen molar-refractivity contribution in [3.8, 4) is 11.3 Å². The molecule has 1 heterocycles. The highest BCUT2D eigenvalue weighted by Crippen LogP contribution is 2.42. The Balaban J connectivity index is 1.83. The normalized spacial score (nSPS) is 11.5. The molecule has 2 nitrogen and oxygen atoms in total. The van der Waals surface area contributed by atoms with Crippen molar-refractivity contribution in [1.82, 2.24) is 9.78 Å². The van der Waals surface area contributed by atoms with Crippen LogP contribution in [0.25, 0.3) is 11.3 Å². The Labute approximate surface area is 199 Å². The summed E-state index contributed by atoms with van der Waals surface area (Å²) in [5, 5.41) is 4.93. The van der Waals surface area contributed by atoms with Crippen LogP contribution in [0.5, 0.6) is 0 Å². The molecule has 0 spiro atoms. The first-order valence-electron chi connectivity index (χ1n) is 10.5. The third kappa shape index (κ3) is 3.68. The molecule has 5 heteroatoms. The summed E-state index contributed by atoms with van der Waals surface area (Å²) in [5.74, 6) is -1.80. The summed E-state index contributed by atoms with van der Waals surface area (Å²) in [5.41, 5.74) is 3.30. The van der Waals surface area contributed by atoms with E-state index in [1.807, 2.05) is 65.5 Å². The van der Waals surface area contributed by atoms with Gasteiger partial charge in [0, 0.05) is 11.8 Å². The molecule has 0 radical (unpaired) electrons. The molecule has 162 valence electrons. The number of hydrogen-bond acceptors (Lipinski definition) is 1. The lowest BCUT2D eigenvalue weighted by molar-refractivity contribution is 0.461. The SMILES string of the molecule is Fc1ccc(-c2nn(C(c3ccccc3)(c3ccccc3)c3ccccc3)cc2Br)cc1F. The average Bonchev–Trinajstić information content (AvgIpc) is 3.25. The Hall–Kier alpha value is -3.57. The first-order chi connectivity index (χ1) is 16.1. The van der Waals surface area contributed by atoms with Gasteiger partial charge in [-0.1, -0.05) is 91.0 Å². The molecule has 0 amide bonds. The number of aromatic nitrogens is 2. The molecule has 0 unspecified atom stereocenters. The Morgan fingerprint density at radius 1 is 0.636 bits per heavy atom. The largest absolute Gasteiger partial charge is 0.251 e. The van der Waals surface area contributed by atoms with Gasteiger partial charge in [0.25, 0.3) is 0 Å². The maximum Gasteiger partial charge on any atom is 0.159 e. The van der Waals surface area contributed by atoms with E-state index in [0.29, 0.717) is 15.7 Å². The van der Waals surface area contributed by atoms with Gasteiger partial charge in [0.2, 0.25) is 0 Å². The molecule has 0 bridgehead atoms. The minimum absolute atomic E-state index is 0.489. The number of nitrogens with zero attached hydrogens (tertiary/aromatic N) is 2. The Morgan fingerprint density at radius 2 is 1.12 bits per heavy atom. The van der Waals surface area contributed by atoms with Crippen LogP contribution in [0.15, 0.2) is 120 Å². The van der Waals surface area contributed by atoms with Gasteiger partial charge in [-0.25, -0.2) is 8.78 Å². The molecule has 5 aromatic rings. The van der Waals surface area contributed by atoms with Crippen molar-refractivity contribution in [2.75, 3.05) is 0 Å². The topological polar surface area (TPSA) is 17.8 Å². The Morgan fingerprint density at radius 3 is 1.58 bits per heavy atom. The van der Waals surface area contributed by atoms with Crippen molar-refractivity contribution < 1.29 is 8.78 Å². The predicted octanol–water partition coefficient (Wildman–Crippen LogP) is 7.43. The van der Waals surface area contributed by atoms with Gasteiger partial charge in [-0.05, 0) is 50.8 Å². The molecule has 0 N–H and O–H groups in total. The minimum atomic E-state index is -0.908. The van der Waals surface area contributed by atoms with Gasteiger partial charge >= 0.3 is 0 Å². The third-order valence-electron chi connectivity index (χ3n) is 5.78. The lowest BCUT2D eigenvalue weighted by Crippen LogP contribution is -2.38. The van der Waals surface area contributed by atoms with Crippen molar-refractivity contribution in [3.63, 3.8) is 0 Å². The van der Waals surface area contributed by atoms with Gasteiger partial charge in [0.15, 0.2) is 11.6 Å². The summed E-state index contributed by atoms with van der Waals surface area (Å²) in [6.07, 6.45) is 1.89. The smallest absolute Gasteiger partial charge is 0.159 e. The molecule has 1 aromatic heterocycles. The number of benzene rings is 4. The van der Waals surface area contributed by atoms with Gasteiger partial charge in [0.05, 0.1) is 4.47 Å². The van der Waals surface area contributed by atoms with E-state index >= 15 is 0 Å². The summed E-state index contributed by atoms with van der Waals surface area (Å²) in [6.45, 7) is 0. The van der Waals surface area contributed by atoms with E-state index in [2.05, 4.69) is 52.3 Å². The second-order valence-electron chi connectivity index (χ2n) is 7.71. The fraction of sp³-hybridized carbons (Fsp3) is 0.0357. The third-order valence-corrected chi connectivity index (χ3v) is 6.36. The van der Waals surface area contributed by atoms with Gasteiger partial charge in [0.1, 0.15) is 11.2 Å². The monoisotopic (exact) mass is 500 g/mol. The molecule has 0 aliphatic heterocycles. The number of halogens is 3. The molecule has 0 saturated heterocycles. The van der Waals surface area contributed by atoms with Crippen molar-refractivity contribution >= 4 is 15.9 Å². The molecular weight excluding hydrogens is 482 g/mol. The van der Waals surface area contributed by atoms with Crippen LogP contribution in [0, 0.1) is 11.6 Å². The van der Waals surface area contributed by atoms with Crippen LogP contribution in [0.4, 0.5) is 8.78 Å². The summed E-state index contributed by atoms with van der Waals surface area (Å²) in [7, 11) is 0. The lowest BCUT2D eigenvalue weighted by atomic mass is 9.77. The van der Waals surface area contributed by atoms with Crippen molar-refractivity contribution in [2.45, 2.75) is 5.54 Å². The molecule has 0 atom stereocenters. The molecular formula is C28H19BrF2N2. The van der Waals surface area contributed by atoms with Crippen LogP contribution in [0.3, 0.4) is 0 Å². The maximum absolute atomic E-state index is 14.0. The van der Waals surface area contributed by atoms with Crippen molar-refractivity contribution in [3.05, 3.63) is 148 Å². The summed E-state index contributed by atoms with van der Waals surface area (Å²) in [6, 6.07) is 34.3. The second kappa shape index (κ2) is 8.75. The Kier molecular flexibility index (Phi) is 5.65. The molecule has 0 saturated carbocycles. The fourth-order valence-electron chi connectivity index (χ4n) is 4.30. The number of rotatable bonds is 5. The molecule has 4 aromatic carbocycles. The summed E-state index contributed by atoms with van der Waals surface area (Å²) >= 11 is 3.61. The van der Waals surface area contributed by atoms with Gasteiger partial charge in [-0.2, -0.15) is 5.10 Å². The van der Waals surface area contributed by atoms with Crippen LogP contribution < -0.4 is 0 Å². The molecule has 0 aliphatic carbocycles. The quantitative estimate of drug-likeness (QED) is 0.229. The first kappa shape index (κ1) is 21.3. The van der Waals surface area contributed by atoms with Gasteiger partial charge in [-0.3, -0.25) is 4.68 Å². The molecule has 33 heavy (non-hydrogen) atoms. The van der Waals surface area contributed by atoms with E-state index < -0.39 is 17.2 Å². The Bertz CT molecular complexity index is 1290. The molecule has 0 fully saturated rings. The van der Waals surface area contributed by atoms with E-state index in [-0.39, 0.29) is 0 Å². The van der Waals surface area contributed by atoms with Crippen LogP contribution in [0.1, 0.15) is 16.7 Å². The van der Waals surface area contributed by atoms with E-state index in [1.54, 1.807) is 0 Å². The fourth-order valence-corrected chi connectivity index (χ4v) is 4.80. The highest BCUT2D eigenvalue weighted by Gasteiger charge is 2.39. The van der Waals surface area contributed by atoms with Crippen molar-refractivity contribution in [1.29, 1.82) is 0 Å². The highest BCUT2D eigenvalue weighted by atomic mass is 79.9. The van der Waals surface area contributed by atoms with Gasteiger partial charge in [-0.15, -0.1) is 0 Å². The minimum Gasteiger partial charge on any atom is -0.251 e. The van der Waals surface area contributed by atoms with Crippen LogP contribution >= 0.6 is 15.9 Å². The van der Waals surface area contributed by atoms with Crippen LogP contribution in [0.2, 0.25) is 0 Å². The van der Waals surface area contributed by atoms with E-state index in [1.165, 1.54) is 12.1 Å². The lowest BCUT2D eigenvalue weighted by Gasteiger charge is -2.36. The average molecular weight is 501 g/mol. The van der Waals surface area contributed by atoms with Crippen LogP contribution in [-0.2, 0) is 5.54 Å². The molecule has 5 rings (SSSR count). The predicted molar refractivity (Wildman–Crippen MR) is 130 cm³/mol. The van der Waals surface area contributed by atoms with E-state index in [0.717, 1.165) is 22.8 Å². The van der Waals surface area contributed by atoms with E-state index in [9.17, 15) is 8.78 Å².